The first-order valence-electron chi connectivity index (χ1n) is 10.4. The molecule has 0 unspecified atom stereocenters. The Hall–Kier alpha value is -3.30. The smallest absolute Gasteiger partial charge is 0.416 e. The maximum Gasteiger partial charge on any atom is 0.416 e. The molecule has 4 rings (SSSR count). The van der Waals surface area contributed by atoms with E-state index >= 15 is 0 Å². The summed E-state index contributed by atoms with van der Waals surface area (Å²) in [7, 11) is -4.14. The van der Waals surface area contributed by atoms with Crippen molar-refractivity contribution in [2.45, 2.75) is 30.8 Å². The molecule has 0 aliphatic heterocycles. The van der Waals surface area contributed by atoms with Crippen LogP contribution in [0.1, 0.15) is 23.1 Å². The minimum atomic E-state index is -4.48. The summed E-state index contributed by atoms with van der Waals surface area (Å²) in [4.78, 5) is 11.1. The Bertz CT molecular complexity index is 1540. The van der Waals surface area contributed by atoms with E-state index < -0.39 is 27.7 Å². The number of aromatic nitrogens is 1. The molecule has 4 aromatic rings. The van der Waals surface area contributed by atoms with Crippen molar-refractivity contribution >= 4 is 38.5 Å². The van der Waals surface area contributed by atoms with Crippen molar-refractivity contribution in [1.29, 1.82) is 0 Å². The molecular weight excluding hydrogens is 503 g/mol. The van der Waals surface area contributed by atoms with Gasteiger partial charge in [-0.05, 0) is 72.0 Å². The van der Waals surface area contributed by atoms with Gasteiger partial charge in [-0.2, -0.15) is 13.2 Å². The number of hydrogen-bond donors (Lipinski definition) is 1. The minimum Gasteiger partial charge on any atom is -0.481 e. The number of carboxylic acids is 1. The number of hydrogen-bond acceptors (Lipinski definition) is 3. The molecule has 0 fully saturated rings. The average molecular weight is 522 g/mol. The fourth-order valence-electron chi connectivity index (χ4n) is 4.03. The van der Waals surface area contributed by atoms with Gasteiger partial charge in [0, 0.05) is 23.0 Å². The van der Waals surface area contributed by atoms with E-state index in [9.17, 15) is 26.4 Å². The van der Waals surface area contributed by atoms with Gasteiger partial charge in [-0.1, -0.05) is 35.9 Å². The molecule has 0 aliphatic rings. The minimum absolute atomic E-state index is 0.0217. The summed E-state index contributed by atoms with van der Waals surface area (Å²) in [5, 5.41) is 9.98. The molecule has 5 nitrogen and oxygen atoms in total. The van der Waals surface area contributed by atoms with Crippen LogP contribution in [0.25, 0.3) is 22.0 Å². The summed E-state index contributed by atoms with van der Waals surface area (Å²) in [5.41, 5.74) is 1.35. The third-order valence-corrected chi connectivity index (χ3v) is 7.82. The lowest BCUT2D eigenvalue weighted by atomic mass is 9.99. The lowest BCUT2D eigenvalue weighted by molar-refractivity contribution is -0.138. The van der Waals surface area contributed by atoms with E-state index in [1.54, 1.807) is 31.2 Å². The van der Waals surface area contributed by atoms with E-state index in [1.807, 2.05) is 0 Å². The van der Waals surface area contributed by atoms with E-state index in [-0.39, 0.29) is 17.7 Å². The number of nitrogens with zero attached hydrogens (tertiary/aromatic N) is 1. The number of halogens is 4. The number of alkyl halides is 3. The van der Waals surface area contributed by atoms with E-state index in [2.05, 4.69) is 0 Å². The molecule has 1 aromatic heterocycles. The Labute approximate surface area is 204 Å². The first-order chi connectivity index (χ1) is 16.4. The number of carboxylic acid groups (broad SMARTS) is 1. The van der Waals surface area contributed by atoms with E-state index in [1.165, 1.54) is 30.5 Å². The highest BCUT2D eigenvalue weighted by atomic mass is 35.5. The number of benzene rings is 3. The van der Waals surface area contributed by atoms with Crippen molar-refractivity contribution in [3.8, 4) is 11.1 Å². The molecule has 0 aliphatic carbocycles. The molecule has 0 bridgehead atoms. The number of carbonyl (C=O) groups is 1. The molecule has 3 aromatic carbocycles. The Balaban J connectivity index is 1.83. The Kier molecular flexibility index (Phi) is 6.42. The van der Waals surface area contributed by atoms with Crippen LogP contribution in [0.4, 0.5) is 13.2 Å². The van der Waals surface area contributed by atoms with Crippen molar-refractivity contribution in [2.24, 2.45) is 0 Å². The van der Waals surface area contributed by atoms with Crippen LogP contribution in [0.2, 0.25) is 5.02 Å². The summed E-state index contributed by atoms with van der Waals surface area (Å²) < 4.78 is 67.4. The number of fused-ring (bicyclic) bond motifs is 1. The van der Waals surface area contributed by atoms with Crippen LogP contribution in [-0.2, 0) is 27.4 Å². The molecule has 10 heteroatoms. The van der Waals surface area contributed by atoms with Crippen LogP contribution in [0.15, 0.2) is 71.8 Å². The Morgan fingerprint density at radius 1 is 1.06 bits per heavy atom. The topological polar surface area (TPSA) is 76.4 Å². The lowest BCUT2D eigenvalue weighted by Gasteiger charge is -2.14. The average Bonchev–Trinajstić information content (AvgIpc) is 3.15. The van der Waals surface area contributed by atoms with Crippen LogP contribution < -0.4 is 0 Å². The summed E-state index contributed by atoms with van der Waals surface area (Å²) in [5.74, 6) is -1.02. The van der Waals surface area contributed by atoms with Gasteiger partial charge in [0.1, 0.15) is 0 Å². The number of rotatable bonds is 6. The molecule has 0 atom stereocenters. The van der Waals surface area contributed by atoms with Gasteiger partial charge in [-0.25, -0.2) is 12.4 Å². The van der Waals surface area contributed by atoms with Gasteiger partial charge in [0.25, 0.3) is 10.0 Å². The van der Waals surface area contributed by atoms with Crippen LogP contribution in [0, 0.1) is 6.92 Å². The molecule has 1 N–H and O–H groups in total. The van der Waals surface area contributed by atoms with Crippen molar-refractivity contribution in [3.63, 3.8) is 0 Å². The van der Waals surface area contributed by atoms with Gasteiger partial charge in [0.05, 0.1) is 16.0 Å². The third-order valence-electron chi connectivity index (χ3n) is 5.77. The van der Waals surface area contributed by atoms with Crippen LogP contribution in [0.3, 0.4) is 0 Å². The fraction of sp³-hybridized carbons (Fsp3) is 0.160. The normalized spacial score (nSPS) is 12.3. The quantitative estimate of drug-likeness (QED) is 0.312. The maximum atomic E-state index is 13.7. The predicted molar refractivity (Wildman–Crippen MR) is 127 cm³/mol. The summed E-state index contributed by atoms with van der Waals surface area (Å²) in [6.45, 7) is 1.59. The highest BCUT2D eigenvalue weighted by Gasteiger charge is 2.30. The zero-order valence-corrected chi connectivity index (χ0v) is 19.9. The molecule has 35 heavy (non-hydrogen) atoms. The molecule has 0 saturated carbocycles. The molecule has 1 heterocycles. The molecule has 0 saturated heterocycles. The fourth-order valence-corrected chi connectivity index (χ4v) is 5.84. The van der Waals surface area contributed by atoms with E-state index in [0.29, 0.717) is 38.2 Å². The van der Waals surface area contributed by atoms with Gasteiger partial charge in [0.2, 0.25) is 0 Å². The molecular formula is C25H19ClF3NO4S. The summed E-state index contributed by atoms with van der Waals surface area (Å²) in [6, 6.07) is 13.8. The highest BCUT2D eigenvalue weighted by molar-refractivity contribution is 7.90. The first-order valence-corrected chi connectivity index (χ1v) is 12.3. The molecule has 0 radical (unpaired) electrons. The number of aliphatic carboxylic acids is 1. The number of aryl methyl sites for hydroxylation is 1. The predicted octanol–water partition coefficient (Wildman–Crippen LogP) is 6.54. The second kappa shape index (κ2) is 9.05. The first kappa shape index (κ1) is 24.8. The van der Waals surface area contributed by atoms with Crippen molar-refractivity contribution in [1.82, 2.24) is 3.97 Å². The zero-order chi connectivity index (χ0) is 25.5. The molecule has 0 spiro atoms. The van der Waals surface area contributed by atoms with Crippen LogP contribution in [-0.4, -0.2) is 23.5 Å². The largest absolute Gasteiger partial charge is 0.481 e. The van der Waals surface area contributed by atoms with Crippen molar-refractivity contribution in [3.05, 3.63) is 88.6 Å². The third kappa shape index (κ3) is 4.78. The second-order valence-corrected chi connectivity index (χ2v) is 10.2. The van der Waals surface area contributed by atoms with Gasteiger partial charge < -0.3 is 5.11 Å². The van der Waals surface area contributed by atoms with Gasteiger partial charge in [-0.3, -0.25) is 4.79 Å². The van der Waals surface area contributed by atoms with Crippen molar-refractivity contribution < 1.29 is 31.5 Å². The van der Waals surface area contributed by atoms with Gasteiger partial charge in [-0.15, -0.1) is 0 Å². The SMILES string of the molecule is Cc1c(-c2ccc(C(F)(F)F)cc2)cccc1S(=O)(=O)n1cc(CCC(=O)O)c2cc(Cl)ccc21. The van der Waals surface area contributed by atoms with E-state index in [4.69, 9.17) is 16.7 Å². The summed E-state index contributed by atoms with van der Waals surface area (Å²) in [6.07, 6.45) is -3.16. The Morgan fingerprint density at radius 3 is 2.37 bits per heavy atom. The Morgan fingerprint density at radius 2 is 1.74 bits per heavy atom. The standard InChI is InChI=1S/C25H19ClF3NO4S/c1-15-20(16-5-8-18(9-6-16)25(27,28)29)3-2-4-23(15)35(33,34)30-14-17(7-12-24(31)32)21-13-19(26)10-11-22(21)30/h2-6,8-11,13-14H,7,12H2,1H3,(H,31,32). The van der Waals surface area contributed by atoms with Crippen LogP contribution >= 0.6 is 11.6 Å². The molecule has 0 amide bonds. The highest BCUT2D eigenvalue weighted by Crippen LogP contribution is 2.35. The maximum absolute atomic E-state index is 13.7. The van der Waals surface area contributed by atoms with E-state index in [0.717, 1.165) is 16.1 Å². The van der Waals surface area contributed by atoms with Crippen molar-refractivity contribution in [2.75, 3.05) is 0 Å². The lowest BCUT2D eigenvalue weighted by Crippen LogP contribution is -2.13. The monoisotopic (exact) mass is 521 g/mol. The second-order valence-electron chi connectivity index (χ2n) is 8.01. The summed E-state index contributed by atoms with van der Waals surface area (Å²) >= 11 is 6.10. The molecule has 182 valence electrons. The zero-order valence-electron chi connectivity index (χ0n) is 18.3. The van der Waals surface area contributed by atoms with Crippen LogP contribution in [0.5, 0.6) is 0 Å². The van der Waals surface area contributed by atoms with Gasteiger partial charge >= 0.3 is 12.1 Å². The van der Waals surface area contributed by atoms with Gasteiger partial charge in [0.15, 0.2) is 0 Å².